The van der Waals surface area contributed by atoms with Crippen molar-refractivity contribution in [3.8, 4) is 0 Å². The van der Waals surface area contributed by atoms with Crippen molar-refractivity contribution in [1.29, 1.82) is 0 Å². The number of aliphatic hydroxyl groups excluding tert-OH is 3. The van der Waals surface area contributed by atoms with E-state index in [1.807, 2.05) is 22.6 Å². The molecule has 117 valence electrons. The van der Waals surface area contributed by atoms with E-state index in [2.05, 4.69) is 15.0 Å². The van der Waals surface area contributed by atoms with E-state index in [4.69, 9.17) is 21.4 Å². The normalized spacial score (nSPS) is 26.3. The Balaban J connectivity index is 0.00000161. The van der Waals surface area contributed by atoms with Gasteiger partial charge in [0.05, 0.1) is 12.9 Å². The standard InChI is InChI=1S/C10H10ClIN4O4.3Ac/c11-7-4-8(15-10(12)14-7)16(2-13-4)9-6(19)5(18)3(1-17)20-9;;;/h2-3,5-6,9,17-19H,1H2;;;/t3-,5?,6?,9?;;;/m1.../s1. The van der Waals surface area contributed by atoms with Crippen LogP contribution in [0.5, 0.6) is 0 Å². The van der Waals surface area contributed by atoms with Gasteiger partial charge in [0, 0.05) is 155 Å². The van der Waals surface area contributed by atoms with Crippen molar-refractivity contribution in [3.63, 3.8) is 0 Å². The molecule has 13 heteroatoms. The zero-order valence-corrected chi connectivity index (χ0v) is 28.8. The number of fused-ring (bicyclic) bond motifs is 1. The largest absolute Gasteiger partial charge is 0.394 e. The summed E-state index contributed by atoms with van der Waals surface area (Å²) in [6.45, 7) is -0.394. The van der Waals surface area contributed by atoms with E-state index in [-0.39, 0.29) is 137 Å². The molecule has 0 aliphatic carbocycles. The molecule has 3 N–H and O–H groups in total. The van der Waals surface area contributed by atoms with Gasteiger partial charge >= 0.3 is 0 Å². The summed E-state index contributed by atoms with van der Waals surface area (Å²) in [4.78, 5) is 12.3. The molecule has 3 radical (unpaired) electrons. The average Bonchev–Trinajstić information content (AvgIpc) is 2.93. The van der Waals surface area contributed by atoms with E-state index >= 15 is 0 Å². The van der Waals surface area contributed by atoms with Crippen LogP contribution < -0.4 is 0 Å². The Morgan fingerprint density at radius 1 is 1.22 bits per heavy atom. The molecule has 3 rings (SSSR count). The van der Waals surface area contributed by atoms with E-state index in [1.54, 1.807) is 0 Å². The molecule has 1 aliphatic rings. The zero-order chi connectivity index (χ0) is 14.4. The van der Waals surface area contributed by atoms with E-state index in [0.29, 0.717) is 15.0 Å². The first-order valence-corrected chi connectivity index (χ1v) is 7.16. The van der Waals surface area contributed by atoms with Crippen LogP contribution in [-0.4, -0.2) is 59.8 Å². The molecule has 3 unspecified atom stereocenters. The van der Waals surface area contributed by atoms with Gasteiger partial charge in [-0.05, 0) is 0 Å². The summed E-state index contributed by atoms with van der Waals surface area (Å²) < 4.78 is 7.33. The first-order valence-electron chi connectivity index (χ1n) is 5.71. The first kappa shape index (κ1) is 26.7. The summed E-state index contributed by atoms with van der Waals surface area (Å²) in [5, 5.41) is 29.1. The van der Waals surface area contributed by atoms with Gasteiger partial charge in [0.15, 0.2) is 20.9 Å². The van der Waals surface area contributed by atoms with Gasteiger partial charge in [0.2, 0.25) is 0 Å². The fraction of sp³-hybridized carbons (Fsp3) is 0.500. The van der Waals surface area contributed by atoms with Gasteiger partial charge < -0.3 is 20.1 Å². The molecule has 2 aromatic rings. The molecule has 0 amide bonds. The van der Waals surface area contributed by atoms with Crippen LogP contribution in [0.3, 0.4) is 0 Å². The molecule has 1 saturated heterocycles. The molecular formula is C10H10Ac3ClIN4O4. The quantitative estimate of drug-likeness (QED) is 0.215. The number of aromatic nitrogens is 4. The Morgan fingerprint density at radius 2 is 1.87 bits per heavy atom. The predicted octanol–water partition coefficient (Wildman–Crippen LogP) is -0.304. The van der Waals surface area contributed by atoms with Crippen LogP contribution in [0.2, 0.25) is 5.15 Å². The maximum absolute atomic E-state index is 10.0. The van der Waals surface area contributed by atoms with Crippen LogP contribution in [-0.2, 0) is 4.74 Å². The fourth-order valence-corrected chi connectivity index (χ4v) is 2.98. The minimum atomic E-state index is -1.20. The number of ether oxygens (including phenoxy) is 1. The van der Waals surface area contributed by atoms with Crippen LogP contribution in [0.25, 0.3) is 11.2 Å². The Kier molecular flexibility index (Phi) is 13.6. The minimum absolute atomic E-state index is 0. The van der Waals surface area contributed by atoms with Crippen LogP contribution in [0.1, 0.15) is 6.23 Å². The second-order valence-electron chi connectivity index (χ2n) is 4.34. The third-order valence-corrected chi connectivity index (χ3v) is 3.89. The number of halogens is 2. The number of imidazole rings is 1. The van der Waals surface area contributed by atoms with Crippen molar-refractivity contribution < 1.29 is 152 Å². The molecule has 23 heavy (non-hydrogen) atoms. The van der Waals surface area contributed by atoms with Crippen LogP contribution >= 0.6 is 34.2 Å². The topological polar surface area (TPSA) is 114 Å². The Labute approximate surface area is 257 Å². The van der Waals surface area contributed by atoms with Crippen molar-refractivity contribution in [1.82, 2.24) is 19.5 Å². The Hall–Kier alpha value is 3.73. The number of nitrogens with zero attached hydrogens (tertiary/aromatic N) is 4. The number of hydrogen-bond donors (Lipinski definition) is 3. The zero-order valence-electron chi connectivity index (χ0n) is 11.6. The molecule has 1 fully saturated rings. The average molecular weight is 1090 g/mol. The van der Waals surface area contributed by atoms with E-state index in [9.17, 15) is 10.2 Å². The minimum Gasteiger partial charge on any atom is -0.394 e. The van der Waals surface area contributed by atoms with Gasteiger partial charge in [-0.2, -0.15) is 0 Å². The van der Waals surface area contributed by atoms with Gasteiger partial charge in [-0.25, -0.2) is 15.0 Å². The molecule has 0 aromatic carbocycles. The summed E-state index contributed by atoms with van der Waals surface area (Å²) in [6, 6.07) is 0. The Morgan fingerprint density at radius 3 is 2.43 bits per heavy atom. The third-order valence-electron chi connectivity index (χ3n) is 3.14. The summed E-state index contributed by atoms with van der Waals surface area (Å²) >= 11 is 7.89. The summed E-state index contributed by atoms with van der Waals surface area (Å²) in [6.07, 6.45) is -2.73. The number of aliphatic hydroxyl groups is 3. The van der Waals surface area contributed by atoms with Crippen LogP contribution in [0.4, 0.5) is 0 Å². The molecular weight excluding hydrogens is 1080 g/mol. The first-order chi connectivity index (χ1) is 9.52. The molecule has 0 saturated carbocycles. The fourth-order valence-electron chi connectivity index (χ4n) is 2.15. The number of hydrogen-bond acceptors (Lipinski definition) is 7. The van der Waals surface area contributed by atoms with Gasteiger partial charge in [-0.15, -0.1) is 0 Å². The summed E-state index contributed by atoms with van der Waals surface area (Å²) in [5.74, 6) is 0. The molecule has 0 bridgehead atoms. The maximum Gasteiger partial charge on any atom is 0.194 e. The smallest absolute Gasteiger partial charge is 0.194 e. The predicted molar refractivity (Wildman–Crippen MR) is 76.1 cm³/mol. The summed E-state index contributed by atoms with van der Waals surface area (Å²) in [7, 11) is 0. The van der Waals surface area contributed by atoms with Gasteiger partial charge in [-0.3, -0.25) is 4.57 Å². The monoisotopic (exact) mass is 1090 g/mol. The maximum atomic E-state index is 10.0. The SMILES string of the molecule is OC[C@H]1OC(n2cnc3c(Cl)nc(I)nc32)C(O)C1O.[Ac].[Ac].[Ac]. The van der Waals surface area contributed by atoms with Gasteiger partial charge in [0.1, 0.15) is 23.8 Å². The van der Waals surface area contributed by atoms with Crippen molar-refractivity contribution in [2.24, 2.45) is 0 Å². The second-order valence-corrected chi connectivity index (χ2v) is 5.66. The molecule has 8 nitrogen and oxygen atoms in total. The van der Waals surface area contributed by atoms with Crippen molar-refractivity contribution in [3.05, 3.63) is 15.3 Å². The summed E-state index contributed by atoms with van der Waals surface area (Å²) in [5.41, 5.74) is 0.772. The Bertz CT molecular complexity index is 666. The third kappa shape index (κ3) is 5.63. The molecule has 2 aromatic heterocycles. The van der Waals surface area contributed by atoms with Gasteiger partial charge in [0.25, 0.3) is 0 Å². The molecule has 1 aliphatic heterocycles. The van der Waals surface area contributed by atoms with E-state index in [1.165, 1.54) is 10.9 Å². The van der Waals surface area contributed by atoms with Crippen molar-refractivity contribution >= 4 is 45.4 Å². The van der Waals surface area contributed by atoms with Crippen molar-refractivity contribution in [2.45, 2.75) is 24.5 Å². The van der Waals surface area contributed by atoms with Gasteiger partial charge in [-0.1, -0.05) is 11.6 Å². The van der Waals surface area contributed by atoms with E-state index < -0.39 is 31.1 Å². The molecule has 4 atom stereocenters. The van der Waals surface area contributed by atoms with Crippen LogP contribution in [0.15, 0.2) is 6.33 Å². The van der Waals surface area contributed by atoms with Crippen molar-refractivity contribution in [2.75, 3.05) is 6.61 Å². The second kappa shape index (κ2) is 11.7. The number of rotatable bonds is 2. The molecule has 3 heterocycles. The van der Waals surface area contributed by atoms with Crippen LogP contribution in [0, 0.1) is 136 Å². The molecule has 0 spiro atoms. The van der Waals surface area contributed by atoms with E-state index in [0.717, 1.165) is 0 Å².